The van der Waals surface area contributed by atoms with Crippen LogP contribution in [-0.2, 0) is 0 Å². The highest BCUT2D eigenvalue weighted by molar-refractivity contribution is 5.52. The molecule has 1 N–H and O–H groups in total. The minimum atomic E-state index is -2.50. The molecule has 0 saturated heterocycles. The van der Waals surface area contributed by atoms with Crippen molar-refractivity contribution in [2.45, 2.75) is 45.0 Å². The average Bonchev–Trinajstić information content (AvgIpc) is 1.87. The summed E-state index contributed by atoms with van der Waals surface area (Å²) in [5, 5.41) is 6.64. The van der Waals surface area contributed by atoms with Crippen LogP contribution in [0.2, 0.25) is 0 Å². The van der Waals surface area contributed by atoms with Crippen molar-refractivity contribution in [2.24, 2.45) is 0 Å². The lowest BCUT2D eigenvalue weighted by Crippen LogP contribution is -2.14. The van der Waals surface area contributed by atoms with Crippen LogP contribution in [0.3, 0.4) is 0 Å². The predicted octanol–water partition coefficient (Wildman–Crippen LogP) is 3.24. The second kappa shape index (κ2) is 5.22. The Bertz CT molecular complexity index is 113. The quantitative estimate of drug-likeness (QED) is 0.459. The molecule has 0 spiro atoms. The second-order valence-corrected chi connectivity index (χ2v) is 2.70. The molecular weight excluding hydrogens is 148 g/mol. The van der Waals surface area contributed by atoms with Crippen molar-refractivity contribution in [1.29, 1.82) is 5.41 Å². The zero-order valence-corrected chi connectivity index (χ0v) is 6.87. The van der Waals surface area contributed by atoms with Gasteiger partial charge in [-0.1, -0.05) is 13.3 Å². The third kappa shape index (κ3) is 5.95. The first-order valence-corrected chi connectivity index (χ1v) is 3.99. The summed E-state index contributed by atoms with van der Waals surface area (Å²) in [4.78, 5) is 0. The number of halogens is 2. The first-order valence-electron chi connectivity index (χ1n) is 3.99. The van der Waals surface area contributed by atoms with Gasteiger partial charge in [-0.05, 0) is 19.1 Å². The van der Waals surface area contributed by atoms with E-state index in [9.17, 15) is 8.78 Å². The lowest BCUT2D eigenvalue weighted by Gasteiger charge is -2.13. The number of alkyl halides is 2. The van der Waals surface area contributed by atoms with E-state index in [-0.39, 0.29) is 12.8 Å². The third-order valence-electron chi connectivity index (χ3n) is 1.51. The van der Waals surface area contributed by atoms with Crippen LogP contribution in [0.15, 0.2) is 0 Å². The van der Waals surface area contributed by atoms with Gasteiger partial charge in [0.05, 0.1) is 0 Å². The molecule has 0 fully saturated rings. The Kier molecular flexibility index (Phi) is 4.99. The maximum Gasteiger partial charge on any atom is 0.248 e. The van der Waals surface area contributed by atoms with Crippen molar-refractivity contribution in [3.05, 3.63) is 0 Å². The number of hydrogen-bond acceptors (Lipinski definition) is 1. The smallest absolute Gasteiger partial charge is 0.248 e. The minimum absolute atomic E-state index is 0.0228. The summed E-state index contributed by atoms with van der Waals surface area (Å²) in [6.07, 6.45) is 2.51. The van der Waals surface area contributed by atoms with Crippen LogP contribution in [0, 0.1) is 5.41 Å². The summed E-state index contributed by atoms with van der Waals surface area (Å²) in [5.74, 6) is -2.50. The molecule has 66 valence electrons. The highest BCUT2D eigenvalue weighted by Crippen LogP contribution is 2.26. The van der Waals surface area contributed by atoms with Gasteiger partial charge in [-0.15, -0.1) is 0 Å². The Balaban J connectivity index is 3.45. The second-order valence-electron chi connectivity index (χ2n) is 2.70. The lowest BCUT2D eigenvalue weighted by atomic mass is 10.1. The Morgan fingerprint density at radius 1 is 1.36 bits per heavy atom. The van der Waals surface area contributed by atoms with Gasteiger partial charge < -0.3 is 5.41 Å². The molecule has 0 amide bonds. The van der Waals surface area contributed by atoms with E-state index in [0.717, 1.165) is 0 Å². The fourth-order valence-corrected chi connectivity index (χ4v) is 0.954. The monoisotopic (exact) mass is 163 g/mol. The van der Waals surface area contributed by atoms with Crippen LogP contribution in [0.1, 0.15) is 39.0 Å². The molecule has 0 aliphatic carbocycles. The van der Waals surface area contributed by atoms with Gasteiger partial charge in [-0.2, -0.15) is 0 Å². The third-order valence-corrected chi connectivity index (χ3v) is 1.51. The number of nitrogens with one attached hydrogen (secondary N) is 1. The molecule has 0 bridgehead atoms. The molecular formula is C8H15F2N. The molecule has 0 aliphatic rings. The highest BCUT2D eigenvalue weighted by atomic mass is 19.3. The zero-order valence-electron chi connectivity index (χ0n) is 6.87. The molecule has 0 aromatic rings. The van der Waals surface area contributed by atoms with Gasteiger partial charge in [0.25, 0.3) is 0 Å². The topological polar surface area (TPSA) is 23.9 Å². The molecule has 0 saturated carbocycles. The van der Waals surface area contributed by atoms with E-state index in [1.54, 1.807) is 6.92 Å². The molecule has 0 aromatic carbocycles. The predicted molar refractivity (Wildman–Crippen MR) is 42.5 cm³/mol. The Hall–Kier alpha value is -0.470. The fourth-order valence-electron chi connectivity index (χ4n) is 0.954. The van der Waals surface area contributed by atoms with Crippen LogP contribution in [0.5, 0.6) is 0 Å². The highest BCUT2D eigenvalue weighted by Gasteiger charge is 2.25. The maximum absolute atomic E-state index is 12.7. The first kappa shape index (κ1) is 10.5. The van der Waals surface area contributed by atoms with Gasteiger partial charge in [0, 0.05) is 12.8 Å². The van der Waals surface area contributed by atoms with Crippen molar-refractivity contribution < 1.29 is 8.78 Å². The van der Waals surface area contributed by atoms with Gasteiger partial charge >= 0.3 is 0 Å². The summed E-state index contributed by atoms with van der Waals surface area (Å²) in [6, 6.07) is 0. The van der Waals surface area contributed by atoms with Crippen LogP contribution in [0.25, 0.3) is 0 Å². The zero-order chi connectivity index (χ0) is 8.74. The molecule has 3 heteroatoms. The molecule has 1 nitrogen and oxygen atoms in total. The van der Waals surface area contributed by atoms with Crippen molar-refractivity contribution >= 4 is 6.21 Å². The van der Waals surface area contributed by atoms with Gasteiger partial charge in [0.1, 0.15) is 0 Å². The first-order chi connectivity index (χ1) is 5.12. The minimum Gasteiger partial charge on any atom is -0.313 e. The summed E-state index contributed by atoms with van der Waals surface area (Å²) in [7, 11) is 0. The summed E-state index contributed by atoms with van der Waals surface area (Å²) in [5.41, 5.74) is 0. The Morgan fingerprint density at radius 3 is 2.45 bits per heavy atom. The molecule has 11 heavy (non-hydrogen) atoms. The number of rotatable bonds is 6. The van der Waals surface area contributed by atoms with E-state index in [1.807, 2.05) is 0 Å². The van der Waals surface area contributed by atoms with Crippen molar-refractivity contribution in [1.82, 2.24) is 0 Å². The average molecular weight is 163 g/mol. The molecule has 0 heterocycles. The molecule has 0 rings (SSSR count). The number of unbranched alkanes of at least 4 members (excludes halogenated alkanes) is 1. The van der Waals surface area contributed by atoms with Gasteiger partial charge in [-0.3, -0.25) is 0 Å². The van der Waals surface area contributed by atoms with Crippen LogP contribution in [-0.4, -0.2) is 12.1 Å². The van der Waals surface area contributed by atoms with E-state index >= 15 is 0 Å². The van der Waals surface area contributed by atoms with Gasteiger partial charge in [0.15, 0.2) is 0 Å². The van der Waals surface area contributed by atoms with Gasteiger partial charge in [0.2, 0.25) is 5.92 Å². The van der Waals surface area contributed by atoms with E-state index < -0.39 is 5.92 Å². The number of hydrogen-bond donors (Lipinski definition) is 1. The fraction of sp³-hybridized carbons (Fsp3) is 0.875. The van der Waals surface area contributed by atoms with E-state index in [0.29, 0.717) is 19.3 Å². The van der Waals surface area contributed by atoms with Crippen LogP contribution < -0.4 is 0 Å². The summed E-state index contributed by atoms with van der Waals surface area (Å²) in [6.45, 7) is 1.75. The Labute approximate surface area is 66.3 Å². The molecule has 0 atom stereocenters. The molecule has 0 aromatic heterocycles. The molecule has 0 unspecified atom stereocenters. The maximum atomic E-state index is 12.7. The summed E-state index contributed by atoms with van der Waals surface area (Å²) < 4.78 is 25.3. The van der Waals surface area contributed by atoms with E-state index in [1.165, 1.54) is 6.21 Å². The van der Waals surface area contributed by atoms with Crippen LogP contribution in [0.4, 0.5) is 8.78 Å². The van der Waals surface area contributed by atoms with Gasteiger partial charge in [-0.25, -0.2) is 8.78 Å². The largest absolute Gasteiger partial charge is 0.313 e. The Morgan fingerprint density at radius 2 is 2.00 bits per heavy atom. The lowest BCUT2D eigenvalue weighted by molar-refractivity contribution is -0.0179. The standard InChI is InChI=1S/C8H15F2N/c1-2-5-8(9,10)6-3-4-7-11/h7,11H,2-6H2,1H3. The normalized spacial score (nSPS) is 11.5. The van der Waals surface area contributed by atoms with E-state index in [2.05, 4.69) is 0 Å². The van der Waals surface area contributed by atoms with E-state index in [4.69, 9.17) is 5.41 Å². The molecule has 0 radical (unpaired) electrons. The molecule has 0 aliphatic heterocycles. The van der Waals surface area contributed by atoms with Crippen LogP contribution >= 0.6 is 0 Å². The summed E-state index contributed by atoms with van der Waals surface area (Å²) >= 11 is 0. The van der Waals surface area contributed by atoms with Crippen molar-refractivity contribution in [2.75, 3.05) is 0 Å². The van der Waals surface area contributed by atoms with Crippen molar-refractivity contribution in [3.8, 4) is 0 Å². The SMILES string of the molecule is CCCC(F)(F)CCCC=N. The van der Waals surface area contributed by atoms with Crippen molar-refractivity contribution in [3.63, 3.8) is 0 Å².